The maximum Gasteiger partial charge on any atom is 0.222 e. The molecule has 4 rings (SSSR count). The van der Waals surface area contributed by atoms with Gasteiger partial charge in [0.05, 0.1) is 11.7 Å². The zero-order chi connectivity index (χ0) is 23.9. The topological polar surface area (TPSA) is 50.5 Å². The van der Waals surface area contributed by atoms with Crippen LogP contribution in [0.4, 0.5) is 0 Å². The van der Waals surface area contributed by atoms with Gasteiger partial charge in [-0.2, -0.15) is 5.10 Å². The number of aliphatic hydroxyl groups is 1. The van der Waals surface area contributed by atoms with Gasteiger partial charge < -0.3 is 9.84 Å². The van der Waals surface area contributed by atoms with Gasteiger partial charge in [0.25, 0.3) is 0 Å². The molecule has 5 nitrogen and oxygen atoms in total. The average molecular weight is 456 g/mol. The van der Waals surface area contributed by atoms with E-state index in [2.05, 4.69) is 43.0 Å². The van der Waals surface area contributed by atoms with Crippen molar-refractivity contribution in [2.75, 3.05) is 6.54 Å². The zero-order valence-electron chi connectivity index (χ0n) is 20.1. The molecule has 0 aliphatic rings. The molecular formula is C29H33N3O2. The molecule has 0 amide bonds. The molecule has 34 heavy (non-hydrogen) atoms. The summed E-state index contributed by atoms with van der Waals surface area (Å²) in [6.45, 7) is 5.49. The number of benzene rings is 3. The Kier molecular flexibility index (Phi) is 7.78. The Balaban J connectivity index is 1.64. The van der Waals surface area contributed by atoms with Crippen LogP contribution < -0.4 is 4.74 Å². The van der Waals surface area contributed by atoms with E-state index in [4.69, 9.17) is 9.84 Å². The summed E-state index contributed by atoms with van der Waals surface area (Å²) in [6.07, 6.45) is 0.149. The molecule has 1 N–H and O–H groups in total. The highest BCUT2D eigenvalue weighted by atomic mass is 16.5. The molecule has 4 aromatic rings. The lowest BCUT2D eigenvalue weighted by Crippen LogP contribution is -2.38. The first-order valence-electron chi connectivity index (χ1n) is 11.8. The summed E-state index contributed by atoms with van der Waals surface area (Å²) in [5, 5.41) is 15.7. The summed E-state index contributed by atoms with van der Waals surface area (Å²) < 4.78 is 8.14. The molecule has 0 fully saturated rings. The summed E-state index contributed by atoms with van der Waals surface area (Å²) in [7, 11) is 1.91. The molecule has 176 valence electrons. The molecule has 0 bridgehead atoms. The van der Waals surface area contributed by atoms with E-state index >= 15 is 0 Å². The standard InChI is InChI=1S/C29H33N3O2/c1-22(2)32(20-25(33)19-23-13-7-4-8-14-23)21-27-28(24-15-9-5-10-16-24)30-31(3)29(27)34-26-17-11-6-12-18-26/h4-18,22,25,33H,19-21H2,1-3H3/t25-/m1/s1. The van der Waals surface area contributed by atoms with Crippen molar-refractivity contribution in [1.29, 1.82) is 0 Å². The Hall–Kier alpha value is -3.41. The quantitative estimate of drug-likeness (QED) is 0.334. The highest BCUT2D eigenvalue weighted by Crippen LogP contribution is 2.34. The number of para-hydroxylation sites is 1. The van der Waals surface area contributed by atoms with Gasteiger partial charge in [0, 0.05) is 31.7 Å². The van der Waals surface area contributed by atoms with Gasteiger partial charge in [-0.25, -0.2) is 4.68 Å². The van der Waals surface area contributed by atoms with Gasteiger partial charge in [-0.3, -0.25) is 4.90 Å². The van der Waals surface area contributed by atoms with Crippen LogP contribution in [0, 0.1) is 0 Å². The number of aliphatic hydroxyl groups excluding tert-OH is 1. The number of rotatable bonds is 10. The van der Waals surface area contributed by atoms with Crippen LogP contribution in [0.15, 0.2) is 91.0 Å². The fourth-order valence-electron chi connectivity index (χ4n) is 4.13. The van der Waals surface area contributed by atoms with Crippen molar-refractivity contribution in [2.45, 2.75) is 39.0 Å². The molecule has 0 unspecified atom stereocenters. The van der Waals surface area contributed by atoms with E-state index in [1.165, 1.54) is 0 Å². The predicted octanol–water partition coefficient (Wildman–Crippen LogP) is 5.69. The minimum Gasteiger partial charge on any atom is -0.439 e. The van der Waals surface area contributed by atoms with E-state index in [0.29, 0.717) is 25.4 Å². The van der Waals surface area contributed by atoms with Gasteiger partial charge in [0.2, 0.25) is 5.88 Å². The fourth-order valence-corrected chi connectivity index (χ4v) is 4.13. The lowest BCUT2D eigenvalue weighted by Gasteiger charge is -2.29. The highest BCUT2D eigenvalue weighted by molar-refractivity contribution is 5.65. The minimum atomic E-state index is -0.472. The molecular weight excluding hydrogens is 422 g/mol. The van der Waals surface area contributed by atoms with Gasteiger partial charge >= 0.3 is 0 Å². The number of nitrogens with zero attached hydrogens (tertiary/aromatic N) is 3. The third-order valence-corrected chi connectivity index (χ3v) is 5.94. The van der Waals surface area contributed by atoms with Crippen molar-refractivity contribution >= 4 is 0 Å². The molecule has 0 aliphatic carbocycles. The smallest absolute Gasteiger partial charge is 0.222 e. The molecule has 1 heterocycles. The molecule has 0 aliphatic heterocycles. The van der Waals surface area contributed by atoms with Crippen LogP contribution in [0.5, 0.6) is 11.6 Å². The SMILES string of the molecule is CC(C)N(Cc1c(-c2ccccc2)nn(C)c1Oc1ccccc1)C[C@H](O)Cc1ccccc1. The third kappa shape index (κ3) is 5.93. The van der Waals surface area contributed by atoms with Gasteiger partial charge in [-0.1, -0.05) is 78.9 Å². The second-order valence-electron chi connectivity index (χ2n) is 8.90. The van der Waals surface area contributed by atoms with Crippen molar-refractivity contribution in [3.63, 3.8) is 0 Å². The van der Waals surface area contributed by atoms with E-state index in [0.717, 1.165) is 28.1 Å². The summed E-state index contributed by atoms with van der Waals surface area (Å²) in [5.74, 6) is 1.49. The number of hydrogen-bond donors (Lipinski definition) is 1. The van der Waals surface area contributed by atoms with Crippen molar-refractivity contribution in [1.82, 2.24) is 14.7 Å². The third-order valence-electron chi connectivity index (χ3n) is 5.94. The minimum absolute atomic E-state index is 0.235. The van der Waals surface area contributed by atoms with Crippen molar-refractivity contribution in [2.24, 2.45) is 7.05 Å². The molecule has 5 heteroatoms. The Morgan fingerprint density at radius 2 is 1.47 bits per heavy atom. The number of ether oxygens (including phenoxy) is 1. The fraction of sp³-hybridized carbons (Fsp3) is 0.276. The molecule has 1 aromatic heterocycles. The molecule has 0 saturated carbocycles. The summed E-state index contributed by atoms with van der Waals surface area (Å²) in [6, 6.07) is 30.4. The van der Waals surface area contributed by atoms with Crippen LogP contribution in [-0.4, -0.2) is 38.5 Å². The van der Waals surface area contributed by atoms with Gasteiger partial charge in [0.15, 0.2) is 0 Å². The van der Waals surface area contributed by atoms with Crippen LogP contribution in [0.1, 0.15) is 25.0 Å². The van der Waals surface area contributed by atoms with Crippen LogP contribution in [0.3, 0.4) is 0 Å². The Labute approximate surface area is 202 Å². The molecule has 0 spiro atoms. The van der Waals surface area contributed by atoms with Gasteiger partial charge in [-0.15, -0.1) is 0 Å². The first kappa shape index (κ1) is 23.7. The first-order chi connectivity index (χ1) is 16.5. The largest absolute Gasteiger partial charge is 0.439 e. The van der Waals surface area contributed by atoms with E-state index in [1.807, 2.05) is 78.5 Å². The molecule has 0 saturated heterocycles. The van der Waals surface area contributed by atoms with Crippen LogP contribution >= 0.6 is 0 Å². The van der Waals surface area contributed by atoms with Crippen molar-refractivity contribution < 1.29 is 9.84 Å². The van der Waals surface area contributed by atoms with E-state index < -0.39 is 6.10 Å². The van der Waals surface area contributed by atoms with Crippen LogP contribution in [-0.2, 0) is 20.0 Å². The van der Waals surface area contributed by atoms with Crippen molar-refractivity contribution in [3.8, 4) is 22.9 Å². The average Bonchev–Trinajstić information content (AvgIpc) is 3.15. The van der Waals surface area contributed by atoms with Gasteiger partial charge in [-0.05, 0) is 38.0 Å². The lowest BCUT2D eigenvalue weighted by atomic mass is 10.0. The molecule has 0 radical (unpaired) electrons. The lowest BCUT2D eigenvalue weighted by molar-refractivity contribution is 0.0904. The van der Waals surface area contributed by atoms with Gasteiger partial charge in [0.1, 0.15) is 11.4 Å². The molecule has 3 aromatic carbocycles. The summed E-state index contributed by atoms with van der Waals surface area (Å²) >= 11 is 0. The Morgan fingerprint density at radius 1 is 0.882 bits per heavy atom. The summed E-state index contributed by atoms with van der Waals surface area (Å²) in [4.78, 5) is 2.29. The van der Waals surface area contributed by atoms with E-state index in [-0.39, 0.29) is 6.04 Å². The zero-order valence-corrected chi connectivity index (χ0v) is 20.1. The Bertz CT molecular complexity index is 1160. The van der Waals surface area contributed by atoms with E-state index in [1.54, 1.807) is 0 Å². The monoisotopic (exact) mass is 455 g/mol. The number of hydrogen-bond acceptors (Lipinski definition) is 4. The Morgan fingerprint density at radius 3 is 2.09 bits per heavy atom. The number of aromatic nitrogens is 2. The normalized spacial score (nSPS) is 12.3. The molecule has 1 atom stereocenters. The van der Waals surface area contributed by atoms with Crippen LogP contribution in [0.25, 0.3) is 11.3 Å². The second kappa shape index (κ2) is 11.1. The van der Waals surface area contributed by atoms with E-state index in [9.17, 15) is 5.11 Å². The maximum atomic E-state index is 10.9. The number of aryl methyl sites for hydroxylation is 1. The summed E-state index contributed by atoms with van der Waals surface area (Å²) in [5.41, 5.74) is 4.10. The predicted molar refractivity (Wildman–Crippen MR) is 137 cm³/mol. The highest BCUT2D eigenvalue weighted by Gasteiger charge is 2.24. The van der Waals surface area contributed by atoms with Crippen molar-refractivity contribution in [3.05, 3.63) is 102 Å². The second-order valence-corrected chi connectivity index (χ2v) is 8.90. The maximum absolute atomic E-state index is 10.9. The van der Waals surface area contributed by atoms with Crippen LogP contribution in [0.2, 0.25) is 0 Å². The first-order valence-corrected chi connectivity index (χ1v) is 11.8.